The molecule has 2 aromatic rings. The SMILES string of the molecule is Cc1noc(C)c1CN1CCC(Nc2ccnc(N3CCOCC3)n2)C1. The van der Waals surface area contributed by atoms with Crippen molar-refractivity contribution in [2.75, 3.05) is 49.6 Å². The van der Waals surface area contributed by atoms with Crippen LogP contribution in [0.25, 0.3) is 0 Å². The zero-order valence-corrected chi connectivity index (χ0v) is 15.4. The lowest BCUT2D eigenvalue weighted by Gasteiger charge is -2.27. The molecule has 0 saturated carbocycles. The number of hydrogen-bond acceptors (Lipinski definition) is 8. The van der Waals surface area contributed by atoms with E-state index >= 15 is 0 Å². The minimum atomic E-state index is 0.392. The zero-order valence-electron chi connectivity index (χ0n) is 15.4. The van der Waals surface area contributed by atoms with Gasteiger partial charge in [0.15, 0.2) is 0 Å². The lowest BCUT2D eigenvalue weighted by atomic mass is 10.2. The number of nitrogens with zero attached hydrogens (tertiary/aromatic N) is 5. The van der Waals surface area contributed by atoms with Crippen LogP contribution in [0.4, 0.5) is 11.8 Å². The summed E-state index contributed by atoms with van der Waals surface area (Å²) in [7, 11) is 0. The van der Waals surface area contributed by atoms with Crippen molar-refractivity contribution in [3.63, 3.8) is 0 Å². The second kappa shape index (κ2) is 7.59. The van der Waals surface area contributed by atoms with Gasteiger partial charge in [0.2, 0.25) is 5.95 Å². The summed E-state index contributed by atoms with van der Waals surface area (Å²) in [5.41, 5.74) is 2.20. The largest absolute Gasteiger partial charge is 0.378 e. The van der Waals surface area contributed by atoms with Crippen molar-refractivity contribution < 1.29 is 9.26 Å². The van der Waals surface area contributed by atoms with Gasteiger partial charge < -0.3 is 19.5 Å². The highest BCUT2D eigenvalue weighted by molar-refractivity contribution is 5.42. The average Bonchev–Trinajstić information content (AvgIpc) is 3.24. The molecule has 2 fully saturated rings. The number of hydrogen-bond donors (Lipinski definition) is 1. The van der Waals surface area contributed by atoms with Crippen LogP contribution < -0.4 is 10.2 Å². The minimum absolute atomic E-state index is 0.392. The minimum Gasteiger partial charge on any atom is -0.378 e. The molecule has 0 aliphatic carbocycles. The highest BCUT2D eigenvalue weighted by Crippen LogP contribution is 2.21. The summed E-state index contributed by atoms with van der Waals surface area (Å²) in [5, 5.41) is 7.62. The van der Waals surface area contributed by atoms with Gasteiger partial charge in [0.1, 0.15) is 11.6 Å². The van der Waals surface area contributed by atoms with E-state index in [0.29, 0.717) is 6.04 Å². The van der Waals surface area contributed by atoms with E-state index in [-0.39, 0.29) is 0 Å². The van der Waals surface area contributed by atoms with E-state index in [9.17, 15) is 0 Å². The van der Waals surface area contributed by atoms with Crippen LogP contribution in [-0.4, -0.2) is 65.5 Å². The summed E-state index contributed by atoms with van der Waals surface area (Å²) >= 11 is 0. The molecule has 140 valence electrons. The van der Waals surface area contributed by atoms with Gasteiger partial charge in [-0.1, -0.05) is 5.16 Å². The van der Waals surface area contributed by atoms with Crippen molar-refractivity contribution in [1.29, 1.82) is 0 Å². The number of morpholine rings is 1. The lowest BCUT2D eigenvalue weighted by Crippen LogP contribution is -2.37. The Balaban J connectivity index is 1.35. The van der Waals surface area contributed by atoms with Gasteiger partial charge in [0.25, 0.3) is 0 Å². The molecule has 2 aliphatic heterocycles. The first-order chi connectivity index (χ1) is 12.7. The summed E-state index contributed by atoms with van der Waals surface area (Å²) in [6, 6.07) is 2.34. The molecule has 4 rings (SSSR count). The van der Waals surface area contributed by atoms with E-state index in [1.165, 1.54) is 5.56 Å². The fourth-order valence-electron chi connectivity index (χ4n) is 3.60. The van der Waals surface area contributed by atoms with E-state index in [4.69, 9.17) is 14.2 Å². The molecule has 8 heteroatoms. The van der Waals surface area contributed by atoms with Crippen LogP contribution in [0.3, 0.4) is 0 Å². The summed E-state index contributed by atoms with van der Waals surface area (Å²) in [5.74, 6) is 2.60. The molecule has 4 heterocycles. The molecule has 8 nitrogen and oxygen atoms in total. The molecule has 0 aromatic carbocycles. The zero-order chi connectivity index (χ0) is 17.9. The van der Waals surface area contributed by atoms with Gasteiger partial charge in [-0.3, -0.25) is 4.90 Å². The molecule has 2 saturated heterocycles. The van der Waals surface area contributed by atoms with Crippen molar-refractivity contribution in [3.05, 3.63) is 29.3 Å². The maximum Gasteiger partial charge on any atom is 0.227 e. The van der Waals surface area contributed by atoms with Crippen molar-refractivity contribution in [2.45, 2.75) is 32.9 Å². The highest BCUT2D eigenvalue weighted by Gasteiger charge is 2.25. The van der Waals surface area contributed by atoms with Crippen LogP contribution in [0.15, 0.2) is 16.8 Å². The van der Waals surface area contributed by atoms with Crippen LogP contribution >= 0.6 is 0 Å². The fraction of sp³-hybridized carbons (Fsp3) is 0.611. The molecule has 0 radical (unpaired) electrons. The number of nitrogens with one attached hydrogen (secondary N) is 1. The molecule has 0 spiro atoms. The van der Waals surface area contributed by atoms with Gasteiger partial charge in [-0.2, -0.15) is 4.98 Å². The van der Waals surface area contributed by atoms with Gasteiger partial charge >= 0.3 is 0 Å². The number of rotatable bonds is 5. The Labute approximate surface area is 153 Å². The quantitative estimate of drug-likeness (QED) is 0.863. The molecule has 0 amide bonds. The molecule has 26 heavy (non-hydrogen) atoms. The molecule has 1 N–H and O–H groups in total. The molecule has 2 aromatic heterocycles. The molecule has 0 bridgehead atoms. The third kappa shape index (κ3) is 3.81. The van der Waals surface area contributed by atoms with E-state index in [1.54, 1.807) is 0 Å². The van der Waals surface area contributed by atoms with Gasteiger partial charge in [-0.05, 0) is 26.3 Å². The van der Waals surface area contributed by atoms with Gasteiger partial charge in [0.05, 0.1) is 18.9 Å². The smallest absolute Gasteiger partial charge is 0.227 e. The molecule has 1 atom stereocenters. The van der Waals surface area contributed by atoms with E-state index in [1.807, 2.05) is 26.1 Å². The average molecular weight is 358 g/mol. The standard InChI is InChI=1S/C18H26N6O2/c1-13-16(14(2)26-22-13)12-23-6-4-15(11-23)20-17-3-5-19-18(21-17)24-7-9-25-10-8-24/h3,5,15H,4,6-12H2,1-2H3,(H,19,20,21). The third-order valence-corrected chi connectivity index (χ3v) is 5.12. The van der Waals surface area contributed by atoms with Crippen LogP contribution in [0.5, 0.6) is 0 Å². The Morgan fingerprint density at radius 1 is 1.23 bits per heavy atom. The predicted molar refractivity (Wildman–Crippen MR) is 98.3 cm³/mol. The molecular formula is C18H26N6O2. The molecule has 2 aliphatic rings. The summed E-state index contributed by atoms with van der Waals surface area (Å²) in [6.07, 6.45) is 2.93. The Morgan fingerprint density at radius 3 is 2.85 bits per heavy atom. The van der Waals surface area contributed by atoms with Crippen molar-refractivity contribution >= 4 is 11.8 Å². The molecule has 1 unspecified atom stereocenters. The highest BCUT2D eigenvalue weighted by atomic mass is 16.5. The van der Waals surface area contributed by atoms with Gasteiger partial charge in [0, 0.05) is 50.5 Å². The number of ether oxygens (including phenoxy) is 1. The number of likely N-dealkylation sites (tertiary alicyclic amines) is 1. The first-order valence-electron chi connectivity index (χ1n) is 9.25. The van der Waals surface area contributed by atoms with Gasteiger partial charge in [-0.25, -0.2) is 4.98 Å². The normalized spacial score (nSPS) is 21.3. The summed E-state index contributed by atoms with van der Waals surface area (Å²) < 4.78 is 10.7. The number of aromatic nitrogens is 3. The van der Waals surface area contributed by atoms with Crippen molar-refractivity contribution in [1.82, 2.24) is 20.0 Å². The van der Waals surface area contributed by atoms with Crippen LogP contribution in [-0.2, 0) is 11.3 Å². The topological polar surface area (TPSA) is 79.6 Å². The Bertz CT molecular complexity index is 724. The molecular weight excluding hydrogens is 332 g/mol. The van der Waals surface area contributed by atoms with Crippen molar-refractivity contribution in [2.24, 2.45) is 0 Å². The van der Waals surface area contributed by atoms with Crippen molar-refractivity contribution in [3.8, 4) is 0 Å². The summed E-state index contributed by atoms with van der Waals surface area (Å²) in [4.78, 5) is 13.7. The first kappa shape index (κ1) is 17.2. The van der Waals surface area contributed by atoms with Crippen LogP contribution in [0, 0.1) is 13.8 Å². The maximum atomic E-state index is 5.40. The van der Waals surface area contributed by atoms with E-state index in [2.05, 4.69) is 25.3 Å². The van der Waals surface area contributed by atoms with Gasteiger partial charge in [-0.15, -0.1) is 0 Å². The van der Waals surface area contributed by atoms with E-state index in [0.717, 1.165) is 75.6 Å². The monoisotopic (exact) mass is 358 g/mol. The lowest BCUT2D eigenvalue weighted by molar-refractivity contribution is 0.122. The second-order valence-corrected chi connectivity index (χ2v) is 7.01. The maximum absolute atomic E-state index is 5.40. The summed E-state index contributed by atoms with van der Waals surface area (Å²) in [6.45, 7) is 10.1. The fourth-order valence-corrected chi connectivity index (χ4v) is 3.60. The predicted octanol–water partition coefficient (Wildman–Crippen LogP) is 1.60. The van der Waals surface area contributed by atoms with Crippen LogP contribution in [0.1, 0.15) is 23.4 Å². The second-order valence-electron chi connectivity index (χ2n) is 7.01. The number of aryl methyl sites for hydroxylation is 2. The Morgan fingerprint density at radius 2 is 2.08 bits per heavy atom. The first-order valence-corrected chi connectivity index (χ1v) is 9.25. The third-order valence-electron chi connectivity index (χ3n) is 5.12. The Hall–Kier alpha value is -2.19. The Kier molecular flexibility index (Phi) is 5.03. The number of anilines is 2. The van der Waals surface area contributed by atoms with E-state index < -0.39 is 0 Å². The van der Waals surface area contributed by atoms with Crippen LogP contribution in [0.2, 0.25) is 0 Å².